The standard InChI is InChI=1S/C24H30N2O4/c1-24(2,3)30-23(29)26-14-13-25(16-19-9-11-20(12-10-19)22(27)28)21(17-26)15-18-7-5-4-6-8-18/h4-12,21H,13-17H2,1-3H3,(H,27,28)/t21-/m0/s1. The van der Waals surface area contributed by atoms with Crippen molar-refractivity contribution < 1.29 is 19.4 Å². The highest BCUT2D eigenvalue weighted by molar-refractivity contribution is 5.87. The molecule has 1 atom stereocenters. The van der Waals surface area contributed by atoms with E-state index in [4.69, 9.17) is 9.84 Å². The SMILES string of the molecule is CC(C)(C)OC(=O)N1CCN(Cc2ccc(C(=O)O)cc2)[C@@H](Cc2ccccc2)C1. The average molecular weight is 411 g/mol. The van der Waals surface area contributed by atoms with E-state index < -0.39 is 11.6 Å². The number of carbonyl (C=O) groups is 2. The number of piperazine rings is 1. The number of carboxylic acid groups (broad SMARTS) is 1. The summed E-state index contributed by atoms with van der Waals surface area (Å²) in [6.45, 7) is 8.28. The molecule has 6 nitrogen and oxygen atoms in total. The first-order valence-corrected chi connectivity index (χ1v) is 10.3. The molecule has 0 bridgehead atoms. The Balaban J connectivity index is 1.74. The van der Waals surface area contributed by atoms with Gasteiger partial charge in [-0.2, -0.15) is 0 Å². The fraction of sp³-hybridized carbons (Fsp3) is 0.417. The maximum Gasteiger partial charge on any atom is 0.410 e. The van der Waals surface area contributed by atoms with E-state index in [9.17, 15) is 9.59 Å². The number of carboxylic acids is 1. The smallest absolute Gasteiger partial charge is 0.410 e. The number of hydrogen-bond donors (Lipinski definition) is 1. The normalized spacial score (nSPS) is 17.6. The molecule has 3 rings (SSSR count). The molecule has 2 aromatic carbocycles. The lowest BCUT2D eigenvalue weighted by Gasteiger charge is -2.42. The van der Waals surface area contributed by atoms with Gasteiger partial charge in [-0.15, -0.1) is 0 Å². The summed E-state index contributed by atoms with van der Waals surface area (Å²) in [4.78, 5) is 27.9. The zero-order valence-electron chi connectivity index (χ0n) is 17.9. The quantitative estimate of drug-likeness (QED) is 0.805. The Labute approximate surface area is 178 Å². The van der Waals surface area contributed by atoms with E-state index in [2.05, 4.69) is 17.0 Å². The average Bonchev–Trinajstić information content (AvgIpc) is 2.69. The number of ether oxygens (including phenoxy) is 1. The molecule has 0 radical (unpaired) electrons. The third-order valence-electron chi connectivity index (χ3n) is 5.16. The molecule has 0 unspecified atom stereocenters. The molecule has 0 aromatic heterocycles. The number of hydrogen-bond acceptors (Lipinski definition) is 4. The molecule has 1 N–H and O–H groups in total. The van der Waals surface area contributed by atoms with Crippen molar-refractivity contribution in [2.75, 3.05) is 19.6 Å². The number of nitrogens with zero attached hydrogens (tertiary/aromatic N) is 2. The molecule has 2 aromatic rings. The molecule has 160 valence electrons. The molecular formula is C24H30N2O4. The molecule has 1 fully saturated rings. The summed E-state index contributed by atoms with van der Waals surface area (Å²) in [5, 5.41) is 9.11. The van der Waals surface area contributed by atoms with Crippen LogP contribution in [0.5, 0.6) is 0 Å². The largest absolute Gasteiger partial charge is 0.478 e. The fourth-order valence-electron chi connectivity index (χ4n) is 3.66. The lowest BCUT2D eigenvalue weighted by Crippen LogP contribution is -2.55. The van der Waals surface area contributed by atoms with Gasteiger partial charge in [-0.3, -0.25) is 4.90 Å². The van der Waals surface area contributed by atoms with Crippen molar-refractivity contribution in [3.05, 3.63) is 71.3 Å². The number of aromatic carboxylic acids is 1. The molecule has 1 aliphatic rings. The van der Waals surface area contributed by atoms with Crippen LogP contribution in [0.4, 0.5) is 4.79 Å². The highest BCUT2D eigenvalue weighted by atomic mass is 16.6. The first-order valence-electron chi connectivity index (χ1n) is 10.3. The van der Waals surface area contributed by atoms with Crippen LogP contribution in [0.15, 0.2) is 54.6 Å². The highest BCUT2D eigenvalue weighted by Gasteiger charge is 2.32. The van der Waals surface area contributed by atoms with Crippen LogP contribution in [0.25, 0.3) is 0 Å². The van der Waals surface area contributed by atoms with Gasteiger partial charge in [0.05, 0.1) is 5.56 Å². The van der Waals surface area contributed by atoms with Crippen molar-refractivity contribution in [1.82, 2.24) is 9.80 Å². The van der Waals surface area contributed by atoms with Crippen molar-refractivity contribution in [1.29, 1.82) is 0 Å². The second-order valence-electron chi connectivity index (χ2n) is 8.74. The summed E-state index contributed by atoms with van der Waals surface area (Å²) in [6.07, 6.45) is 0.555. The van der Waals surface area contributed by atoms with Gasteiger partial charge in [0.25, 0.3) is 0 Å². The van der Waals surface area contributed by atoms with E-state index >= 15 is 0 Å². The van der Waals surface area contributed by atoms with Crippen LogP contribution in [-0.2, 0) is 17.7 Å². The van der Waals surface area contributed by atoms with Gasteiger partial charge in [-0.1, -0.05) is 42.5 Å². The monoisotopic (exact) mass is 410 g/mol. The Bertz CT molecular complexity index is 859. The molecule has 1 amide bonds. The van der Waals surface area contributed by atoms with Crippen molar-refractivity contribution >= 4 is 12.1 Å². The Morgan fingerprint density at radius 1 is 1.00 bits per heavy atom. The summed E-state index contributed by atoms with van der Waals surface area (Å²) in [5.41, 5.74) is 2.05. The minimum atomic E-state index is -0.922. The van der Waals surface area contributed by atoms with E-state index in [0.717, 1.165) is 18.5 Å². The molecule has 0 spiro atoms. The molecule has 6 heteroatoms. The second-order valence-corrected chi connectivity index (χ2v) is 8.74. The summed E-state index contributed by atoms with van der Waals surface area (Å²) in [6, 6.07) is 17.4. The van der Waals surface area contributed by atoms with Crippen LogP contribution >= 0.6 is 0 Å². The van der Waals surface area contributed by atoms with Crippen molar-refractivity contribution in [3.63, 3.8) is 0 Å². The number of benzene rings is 2. The minimum absolute atomic E-state index is 0.146. The van der Waals surface area contributed by atoms with Gasteiger partial charge in [-0.25, -0.2) is 9.59 Å². The molecule has 0 saturated carbocycles. The van der Waals surface area contributed by atoms with E-state index in [0.29, 0.717) is 19.6 Å². The Morgan fingerprint density at radius 2 is 1.67 bits per heavy atom. The Kier molecular flexibility index (Phi) is 6.77. The topological polar surface area (TPSA) is 70.1 Å². The summed E-state index contributed by atoms with van der Waals surface area (Å²) < 4.78 is 5.58. The zero-order chi connectivity index (χ0) is 21.7. The van der Waals surface area contributed by atoms with E-state index in [1.54, 1.807) is 17.0 Å². The van der Waals surface area contributed by atoms with Crippen molar-refractivity contribution in [2.45, 2.75) is 45.4 Å². The van der Waals surface area contributed by atoms with Gasteiger partial charge < -0.3 is 14.7 Å². The fourth-order valence-corrected chi connectivity index (χ4v) is 3.66. The molecule has 1 aliphatic heterocycles. The van der Waals surface area contributed by atoms with Gasteiger partial charge in [0.15, 0.2) is 0 Å². The van der Waals surface area contributed by atoms with Gasteiger partial charge in [0.2, 0.25) is 0 Å². The molecular weight excluding hydrogens is 380 g/mol. The van der Waals surface area contributed by atoms with Gasteiger partial charge in [0.1, 0.15) is 5.60 Å². The minimum Gasteiger partial charge on any atom is -0.478 e. The number of carbonyl (C=O) groups excluding carboxylic acids is 1. The zero-order valence-corrected chi connectivity index (χ0v) is 17.9. The lowest BCUT2D eigenvalue weighted by molar-refractivity contribution is 0.00240. The molecule has 0 aliphatic carbocycles. The second kappa shape index (κ2) is 9.30. The predicted octanol–water partition coefficient (Wildman–Crippen LogP) is 4.05. The van der Waals surface area contributed by atoms with Crippen molar-refractivity contribution in [2.24, 2.45) is 0 Å². The molecule has 1 heterocycles. The van der Waals surface area contributed by atoms with Crippen LogP contribution in [0.1, 0.15) is 42.3 Å². The lowest BCUT2D eigenvalue weighted by atomic mass is 10.0. The van der Waals surface area contributed by atoms with Gasteiger partial charge in [0, 0.05) is 32.2 Å². The number of rotatable bonds is 5. The molecule has 1 saturated heterocycles. The Hall–Kier alpha value is -2.86. The van der Waals surface area contributed by atoms with Crippen LogP contribution in [-0.4, -0.2) is 58.2 Å². The first kappa shape index (κ1) is 21.8. The summed E-state index contributed by atoms with van der Waals surface area (Å²) in [7, 11) is 0. The van der Waals surface area contributed by atoms with E-state index in [1.165, 1.54) is 5.56 Å². The van der Waals surface area contributed by atoms with Crippen LogP contribution in [0.2, 0.25) is 0 Å². The van der Waals surface area contributed by atoms with E-state index in [1.807, 2.05) is 51.1 Å². The maximum atomic E-state index is 12.6. The highest BCUT2D eigenvalue weighted by Crippen LogP contribution is 2.20. The predicted molar refractivity (Wildman–Crippen MR) is 116 cm³/mol. The van der Waals surface area contributed by atoms with Crippen LogP contribution < -0.4 is 0 Å². The molecule has 30 heavy (non-hydrogen) atoms. The van der Waals surface area contributed by atoms with Gasteiger partial charge >= 0.3 is 12.1 Å². The maximum absolute atomic E-state index is 12.6. The summed E-state index contributed by atoms with van der Waals surface area (Å²) >= 11 is 0. The number of amides is 1. The van der Waals surface area contributed by atoms with E-state index in [-0.39, 0.29) is 17.7 Å². The van der Waals surface area contributed by atoms with Gasteiger partial charge in [-0.05, 0) is 50.5 Å². The Morgan fingerprint density at radius 3 is 2.27 bits per heavy atom. The van der Waals surface area contributed by atoms with Crippen molar-refractivity contribution in [3.8, 4) is 0 Å². The first-order chi connectivity index (χ1) is 14.2. The van der Waals surface area contributed by atoms with Crippen LogP contribution in [0, 0.1) is 0 Å². The summed E-state index contributed by atoms with van der Waals surface area (Å²) in [5.74, 6) is -0.922. The third kappa shape index (κ3) is 6.07. The third-order valence-corrected chi connectivity index (χ3v) is 5.16. The van der Waals surface area contributed by atoms with Crippen LogP contribution in [0.3, 0.4) is 0 Å².